The van der Waals surface area contributed by atoms with Gasteiger partial charge in [0.1, 0.15) is 0 Å². The molecular weight excluding hydrogens is 216 g/mol. The molecule has 0 saturated carbocycles. The lowest BCUT2D eigenvalue weighted by atomic mass is 10.0. The summed E-state index contributed by atoms with van der Waals surface area (Å²) in [5.41, 5.74) is 2.53. The van der Waals surface area contributed by atoms with Crippen LogP contribution in [0.25, 0.3) is 10.4 Å². The molecule has 1 heterocycles. The Morgan fingerprint density at radius 2 is 2.00 bits per heavy atom. The summed E-state index contributed by atoms with van der Waals surface area (Å²) in [6.45, 7) is 4.37. The van der Waals surface area contributed by atoms with Gasteiger partial charge >= 0.3 is 0 Å². The van der Waals surface area contributed by atoms with E-state index < -0.39 is 0 Å². The van der Waals surface area contributed by atoms with Gasteiger partial charge in [-0.2, -0.15) is 0 Å². The summed E-state index contributed by atoms with van der Waals surface area (Å²) in [5, 5.41) is 0. The predicted octanol–water partition coefficient (Wildman–Crippen LogP) is 4.35. The highest BCUT2D eigenvalue weighted by Crippen LogP contribution is 2.29. The molecule has 0 atom stereocenters. The molecular formula is C14H14OS. The number of aldehydes is 1. The maximum absolute atomic E-state index is 10.6. The van der Waals surface area contributed by atoms with E-state index in [9.17, 15) is 4.79 Å². The molecule has 2 heteroatoms. The van der Waals surface area contributed by atoms with Crippen LogP contribution in [0.15, 0.2) is 36.4 Å². The van der Waals surface area contributed by atoms with E-state index in [0.717, 1.165) is 16.0 Å². The monoisotopic (exact) mass is 230 g/mol. The molecule has 82 valence electrons. The van der Waals surface area contributed by atoms with Gasteiger partial charge in [0.15, 0.2) is 6.29 Å². The molecule has 1 nitrogen and oxygen atoms in total. The third-order valence-electron chi connectivity index (χ3n) is 2.58. The predicted molar refractivity (Wildman–Crippen MR) is 69.2 cm³/mol. The lowest BCUT2D eigenvalue weighted by Gasteiger charge is -2.06. The SMILES string of the molecule is CC(C)c1cccc(-c2ccc(C=O)s2)c1. The Balaban J connectivity index is 2.39. The first-order valence-corrected chi connectivity index (χ1v) is 6.17. The number of carbonyl (C=O) groups is 1. The zero-order valence-corrected chi connectivity index (χ0v) is 10.3. The van der Waals surface area contributed by atoms with Crippen molar-refractivity contribution in [3.63, 3.8) is 0 Å². The molecule has 0 aliphatic carbocycles. The van der Waals surface area contributed by atoms with Crippen LogP contribution in [0.3, 0.4) is 0 Å². The summed E-state index contributed by atoms with van der Waals surface area (Å²) < 4.78 is 0. The van der Waals surface area contributed by atoms with Crippen LogP contribution in [0, 0.1) is 0 Å². The molecule has 0 bridgehead atoms. The average Bonchev–Trinajstić information content (AvgIpc) is 2.77. The highest BCUT2D eigenvalue weighted by Gasteiger charge is 2.04. The molecule has 1 aromatic carbocycles. The van der Waals surface area contributed by atoms with Crippen LogP contribution >= 0.6 is 11.3 Å². The van der Waals surface area contributed by atoms with Crippen molar-refractivity contribution in [3.05, 3.63) is 46.8 Å². The summed E-state index contributed by atoms with van der Waals surface area (Å²) in [6, 6.07) is 12.4. The first-order valence-electron chi connectivity index (χ1n) is 5.36. The molecule has 0 spiro atoms. The molecule has 2 rings (SSSR count). The van der Waals surface area contributed by atoms with Crippen LogP contribution < -0.4 is 0 Å². The van der Waals surface area contributed by atoms with Gasteiger partial charge in [-0.15, -0.1) is 11.3 Å². The Labute approximate surface area is 99.8 Å². The van der Waals surface area contributed by atoms with Crippen LogP contribution in [0.4, 0.5) is 0 Å². The van der Waals surface area contributed by atoms with Crippen molar-refractivity contribution in [1.82, 2.24) is 0 Å². The number of benzene rings is 1. The highest BCUT2D eigenvalue weighted by atomic mass is 32.1. The molecule has 16 heavy (non-hydrogen) atoms. The van der Waals surface area contributed by atoms with E-state index in [4.69, 9.17) is 0 Å². The average molecular weight is 230 g/mol. The van der Waals surface area contributed by atoms with Crippen molar-refractivity contribution in [1.29, 1.82) is 0 Å². The maximum Gasteiger partial charge on any atom is 0.160 e. The fourth-order valence-electron chi connectivity index (χ4n) is 1.62. The second-order valence-corrected chi connectivity index (χ2v) is 5.22. The molecule has 0 N–H and O–H groups in total. The van der Waals surface area contributed by atoms with Crippen LogP contribution in [0.2, 0.25) is 0 Å². The van der Waals surface area contributed by atoms with Gasteiger partial charge in [-0.05, 0) is 29.2 Å². The molecule has 0 aliphatic heterocycles. The lowest BCUT2D eigenvalue weighted by molar-refractivity contribution is 0.112. The molecule has 0 radical (unpaired) electrons. The van der Waals surface area contributed by atoms with Crippen LogP contribution in [0.1, 0.15) is 35.0 Å². The van der Waals surface area contributed by atoms with Crippen LogP contribution in [0.5, 0.6) is 0 Å². The highest BCUT2D eigenvalue weighted by molar-refractivity contribution is 7.17. The van der Waals surface area contributed by atoms with E-state index in [0.29, 0.717) is 5.92 Å². The van der Waals surface area contributed by atoms with Gasteiger partial charge in [0.25, 0.3) is 0 Å². The summed E-state index contributed by atoms with van der Waals surface area (Å²) in [4.78, 5) is 12.6. The smallest absolute Gasteiger partial charge is 0.160 e. The second-order valence-electron chi connectivity index (χ2n) is 4.10. The van der Waals surface area contributed by atoms with Gasteiger partial charge < -0.3 is 0 Å². The number of hydrogen-bond donors (Lipinski definition) is 0. The Hall–Kier alpha value is -1.41. The summed E-state index contributed by atoms with van der Waals surface area (Å²) in [5.74, 6) is 0.533. The van der Waals surface area contributed by atoms with Crippen LogP contribution in [-0.4, -0.2) is 6.29 Å². The Morgan fingerprint density at radius 3 is 2.62 bits per heavy atom. The standard InChI is InChI=1S/C14H14OS/c1-10(2)11-4-3-5-12(8-11)14-7-6-13(9-15)16-14/h3-10H,1-2H3. The Morgan fingerprint density at radius 1 is 1.19 bits per heavy atom. The van der Waals surface area contributed by atoms with Gasteiger partial charge in [-0.1, -0.05) is 38.1 Å². The quantitative estimate of drug-likeness (QED) is 0.716. The van der Waals surface area contributed by atoms with Crippen molar-refractivity contribution in [2.45, 2.75) is 19.8 Å². The van der Waals surface area contributed by atoms with E-state index in [1.165, 1.54) is 22.5 Å². The fraction of sp³-hybridized carbons (Fsp3) is 0.214. The molecule has 0 unspecified atom stereocenters. The zero-order chi connectivity index (χ0) is 11.5. The Kier molecular flexibility index (Phi) is 3.20. The number of rotatable bonds is 3. The van der Waals surface area contributed by atoms with Gasteiger partial charge in [-0.3, -0.25) is 4.79 Å². The third-order valence-corrected chi connectivity index (χ3v) is 3.64. The van der Waals surface area contributed by atoms with Crippen molar-refractivity contribution >= 4 is 17.6 Å². The van der Waals surface area contributed by atoms with Crippen molar-refractivity contribution in [2.75, 3.05) is 0 Å². The number of carbonyl (C=O) groups excluding carboxylic acids is 1. The van der Waals surface area contributed by atoms with E-state index >= 15 is 0 Å². The molecule has 2 aromatic rings. The summed E-state index contributed by atoms with van der Waals surface area (Å²) >= 11 is 1.54. The number of hydrogen-bond acceptors (Lipinski definition) is 2. The van der Waals surface area contributed by atoms with Gasteiger partial charge in [0.2, 0.25) is 0 Å². The minimum Gasteiger partial charge on any atom is -0.297 e. The third kappa shape index (κ3) is 2.22. The topological polar surface area (TPSA) is 17.1 Å². The van der Waals surface area contributed by atoms with Gasteiger partial charge in [-0.25, -0.2) is 0 Å². The molecule has 0 amide bonds. The Bertz CT molecular complexity index is 497. The van der Waals surface area contributed by atoms with E-state index in [-0.39, 0.29) is 0 Å². The first-order chi connectivity index (χ1) is 7.70. The number of thiophene rings is 1. The first kappa shape index (κ1) is 11.1. The fourth-order valence-corrected chi connectivity index (χ4v) is 2.44. The minimum absolute atomic E-state index is 0.533. The van der Waals surface area contributed by atoms with Crippen molar-refractivity contribution in [2.24, 2.45) is 0 Å². The normalized spacial score (nSPS) is 10.7. The summed E-state index contributed by atoms with van der Waals surface area (Å²) in [7, 11) is 0. The summed E-state index contributed by atoms with van der Waals surface area (Å²) in [6.07, 6.45) is 0.903. The molecule has 1 aromatic heterocycles. The van der Waals surface area contributed by atoms with Gasteiger partial charge in [0.05, 0.1) is 4.88 Å². The van der Waals surface area contributed by atoms with E-state index in [1.807, 2.05) is 12.1 Å². The van der Waals surface area contributed by atoms with E-state index in [1.54, 1.807) is 0 Å². The van der Waals surface area contributed by atoms with Crippen LogP contribution in [-0.2, 0) is 0 Å². The van der Waals surface area contributed by atoms with E-state index in [2.05, 4.69) is 38.1 Å². The zero-order valence-electron chi connectivity index (χ0n) is 9.44. The van der Waals surface area contributed by atoms with Crippen molar-refractivity contribution in [3.8, 4) is 10.4 Å². The van der Waals surface area contributed by atoms with Crippen molar-refractivity contribution < 1.29 is 4.79 Å². The molecule has 0 aliphatic rings. The van der Waals surface area contributed by atoms with Gasteiger partial charge in [0, 0.05) is 4.88 Å². The lowest BCUT2D eigenvalue weighted by Crippen LogP contribution is -1.86. The maximum atomic E-state index is 10.6. The molecule has 0 fully saturated rings. The largest absolute Gasteiger partial charge is 0.297 e. The second kappa shape index (κ2) is 4.62. The molecule has 0 saturated heterocycles. The minimum atomic E-state index is 0.533.